The molecule has 0 heterocycles. The van der Waals surface area contributed by atoms with Crippen LogP contribution in [0.15, 0.2) is 0 Å². The van der Waals surface area contributed by atoms with Crippen molar-refractivity contribution in [3.63, 3.8) is 0 Å². The second-order valence-electron chi connectivity index (χ2n) is 7.05. The first-order valence-corrected chi connectivity index (χ1v) is 11.7. The van der Waals surface area contributed by atoms with Crippen molar-refractivity contribution in [3.8, 4) is 37.0 Å². The fourth-order valence-electron chi connectivity index (χ4n) is 2.76. The lowest BCUT2D eigenvalue weighted by atomic mass is 10.0. The van der Waals surface area contributed by atoms with Crippen molar-refractivity contribution in [1.29, 1.82) is 0 Å². The molecule has 0 saturated heterocycles. The highest BCUT2D eigenvalue weighted by atomic mass is 32.2. The number of thioether (sulfide) groups is 1. The van der Waals surface area contributed by atoms with E-state index in [1.807, 2.05) is 0 Å². The Kier molecular flexibility index (Phi) is 19.5. The third-order valence-corrected chi connectivity index (χ3v) is 5.28. The summed E-state index contributed by atoms with van der Waals surface area (Å²) in [4.78, 5) is 12.6. The molecule has 0 rings (SSSR count). The van der Waals surface area contributed by atoms with Gasteiger partial charge >= 0.3 is 0 Å². The molecule has 6 heteroatoms. The van der Waals surface area contributed by atoms with E-state index in [1.54, 1.807) is 11.8 Å². The Hall–Kier alpha value is -1.62. The van der Waals surface area contributed by atoms with E-state index >= 15 is 0 Å². The monoisotopic (exact) mass is 435 g/mol. The summed E-state index contributed by atoms with van der Waals surface area (Å²) in [5, 5.41) is 3.00. The van der Waals surface area contributed by atoms with Gasteiger partial charge in [0, 0.05) is 12.2 Å². The molecule has 0 spiro atoms. The number of hydrogen-bond acceptors (Lipinski definition) is 5. The zero-order valence-electron chi connectivity index (χ0n) is 18.4. The maximum Gasteiger partial charge on any atom is 0.221 e. The summed E-state index contributed by atoms with van der Waals surface area (Å²) in [6, 6.07) is 0. The predicted molar refractivity (Wildman–Crippen MR) is 125 cm³/mol. The Balaban J connectivity index is 4.50. The number of amides is 1. The first-order valence-electron chi connectivity index (χ1n) is 10.6. The van der Waals surface area contributed by atoms with Gasteiger partial charge in [0.1, 0.15) is 25.4 Å². The molecular formula is C24H37NO4S. The van der Waals surface area contributed by atoms with Crippen LogP contribution in [0.2, 0.25) is 0 Å². The van der Waals surface area contributed by atoms with E-state index in [2.05, 4.69) is 30.0 Å². The van der Waals surface area contributed by atoms with Crippen LogP contribution in [0.25, 0.3) is 0 Å². The number of unbranched alkanes of at least 4 members (excludes halogenated alkanes) is 5. The molecule has 5 nitrogen and oxygen atoms in total. The highest BCUT2D eigenvalue weighted by Gasteiger charge is 2.33. The zero-order chi connectivity index (χ0) is 22.3. The second kappa shape index (κ2) is 20.6. The average molecular weight is 436 g/mol. The summed E-state index contributed by atoms with van der Waals surface area (Å²) < 4.78 is 16.5. The molecule has 0 bridgehead atoms. The van der Waals surface area contributed by atoms with Gasteiger partial charge in [0.05, 0.1) is 19.8 Å². The highest BCUT2D eigenvalue weighted by molar-refractivity contribution is 7.99. The van der Waals surface area contributed by atoms with Crippen molar-refractivity contribution in [2.45, 2.75) is 57.4 Å². The Bertz CT molecular complexity index is 509. The third-order valence-electron chi connectivity index (χ3n) is 4.21. The highest BCUT2D eigenvalue weighted by Crippen LogP contribution is 2.13. The molecular weight excluding hydrogens is 398 g/mol. The molecule has 0 aromatic rings. The fourth-order valence-corrected chi connectivity index (χ4v) is 3.70. The maximum atomic E-state index is 12.6. The van der Waals surface area contributed by atoms with Crippen LogP contribution in [0.4, 0.5) is 0 Å². The largest absolute Gasteiger partial charge is 0.366 e. The van der Waals surface area contributed by atoms with Crippen LogP contribution in [0.5, 0.6) is 0 Å². The SMILES string of the molecule is C#CCOCC(COCC#C)(COCC#C)NC(=O)CCSCCCCCCCC. The van der Waals surface area contributed by atoms with Gasteiger partial charge in [0.15, 0.2) is 0 Å². The predicted octanol–water partition coefficient (Wildman–Crippen LogP) is 3.27. The van der Waals surface area contributed by atoms with E-state index in [1.165, 1.54) is 38.5 Å². The van der Waals surface area contributed by atoms with Gasteiger partial charge in [0.25, 0.3) is 0 Å². The molecule has 0 aliphatic carbocycles. The van der Waals surface area contributed by atoms with Crippen molar-refractivity contribution in [2.24, 2.45) is 0 Å². The summed E-state index contributed by atoms with van der Waals surface area (Å²) in [5.41, 5.74) is -0.897. The summed E-state index contributed by atoms with van der Waals surface area (Å²) in [6.07, 6.45) is 23.8. The number of carbonyl (C=O) groups is 1. The zero-order valence-corrected chi connectivity index (χ0v) is 19.2. The summed E-state index contributed by atoms with van der Waals surface area (Å²) in [7, 11) is 0. The third kappa shape index (κ3) is 16.2. The van der Waals surface area contributed by atoms with Crippen molar-refractivity contribution in [3.05, 3.63) is 0 Å². The number of carbonyl (C=O) groups excluding carboxylic acids is 1. The molecule has 0 radical (unpaired) electrons. The van der Waals surface area contributed by atoms with Gasteiger partial charge in [-0.25, -0.2) is 0 Å². The van der Waals surface area contributed by atoms with Crippen LogP contribution in [0.3, 0.4) is 0 Å². The van der Waals surface area contributed by atoms with Crippen molar-refractivity contribution in [1.82, 2.24) is 5.32 Å². The molecule has 1 amide bonds. The van der Waals surface area contributed by atoms with Gasteiger partial charge in [-0.1, -0.05) is 56.8 Å². The number of ether oxygens (including phenoxy) is 3. The first kappa shape index (κ1) is 28.4. The van der Waals surface area contributed by atoms with Crippen molar-refractivity contribution in [2.75, 3.05) is 51.1 Å². The first-order chi connectivity index (χ1) is 14.6. The fraction of sp³-hybridized carbons (Fsp3) is 0.708. The minimum atomic E-state index is -0.897. The van der Waals surface area contributed by atoms with Crippen LogP contribution >= 0.6 is 11.8 Å². The van der Waals surface area contributed by atoms with Crippen molar-refractivity contribution >= 4 is 17.7 Å². The summed E-state index contributed by atoms with van der Waals surface area (Å²) in [5.74, 6) is 8.98. The van der Waals surface area contributed by atoms with Crippen LogP contribution in [-0.4, -0.2) is 62.6 Å². The van der Waals surface area contributed by atoms with E-state index < -0.39 is 5.54 Å². The maximum absolute atomic E-state index is 12.6. The lowest BCUT2D eigenvalue weighted by Gasteiger charge is -2.33. The topological polar surface area (TPSA) is 56.8 Å². The molecule has 0 fully saturated rings. The Morgan fingerprint density at radius 2 is 1.33 bits per heavy atom. The van der Waals surface area contributed by atoms with Gasteiger partial charge in [-0.05, 0) is 12.2 Å². The van der Waals surface area contributed by atoms with Gasteiger partial charge in [-0.15, -0.1) is 19.3 Å². The van der Waals surface area contributed by atoms with Crippen LogP contribution in [0.1, 0.15) is 51.9 Å². The minimum Gasteiger partial charge on any atom is -0.366 e. The van der Waals surface area contributed by atoms with Gasteiger partial charge < -0.3 is 19.5 Å². The Morgan fingerprint density at radius 1 is 0.833 bits per heavy atom. The lowest BCUT2D eigenvalue weighted by Crippen LogP contribution is -2.58. The molecule has 1 N–H and O–H groups in total. The number of hydrogen-bond donors (Lipinski definition) is 1. The quantitative estimate of drug-likeness (QED) is 0.235. The van der Waals surface area contributed by atoms with Crippen LogP contribution in [0, 0.1) is 37.0 Å². The lowest BCUT2D eigenvalue weighted by molar-refractivity contribution is -0.126. The summed E-state index contributed by atoms with van der Waals surface area (Å²) >= 11 is 1.80. The molecule has 0 aliphatic rings. The van der Waals surface area contributed by atoms with E-state index in [4.69, 9.17) is 33.5 Å². The van der Waals surface area contributed by atoms with E-state index in [0.29, 0.717) is 6.42 Å². The van der Waals surface area contributed by atoms with E-state index in [0.717, 1.165) is 11.5 Å². The van der Waals surface area contributed by atoms with Crippen molar-refractivity contribution < 1.29 is 19.0 Å². The molecule has 0 unspecified atom stereocenters. The second-order valence-corrected chi connectivity index (χ2v) is 8.27. The minimum absolute atomic E-state index is 0.0941. The smallest absolute Gasteiger partial charge is 0.221 e. The Morgan fingerprint density at radius 3 is 1.83 bits per heavy atom. The molecule has 0 saturated carbocycles. The Labute approximate surface area is 187 Å². The van der Waals surface area contributed by atoms with Gasteiger partial charge in [-0.2, -0.15) is 11.8 Å². The molecule has 0 atom stereocenters. The average Bonchev–Trinajstić information content (AvgIpc) is 2.73. The molecule has 0 aliphatic heterocycles. The van der Waals surface area contributed by atoms with Gasteiger partial charge in [0.2, 0.25) is 5.91 Å². The number of nitrogens with one attached hydrogen (secondary N) is 1. The van der Waals surface area contributed by atoms with Crippen LogP contribution in [-0.2, 0) is 19.0 Å². The summed E-state index contributed by atoms with van der Waals surface area (Å²) in [6.45, 7) is 3.01. The molecule has 0 aromatic carbocycles. The van der Waals surface area contributed by atoms with Crippen LogP contribution < -0.4 is 5.32 Å². The normalized spacial score (nSPS) is 10.7. The number of terminal acetylenes is 3. The molecule has 168 valence electrons. The van der Waals surface area contributed by atoms with Gasteiger partial charge in [-0.3, -0.25) is 4.79 Å². The van der Waals surface area contributed by atoms with E-state index in [9.17, 15) is 4.79 Å². The van der Waals surface area contributed by atoms with E-state index in [-0.39, 0.29) is 45.5 Å². The molecule has 0 aromatic heterocycles. The standard InChI is InChI=1S/C24H37NO4S/c1-5-9-10-11-12-13-18-30-19-14-23(26)25-24(20-27-15-6-2,21-28-16-7-3)22-29-17-8-4/h2-4H,5,9-22H2,1H3,(H,25,26). The number of rotatable bonds is 20. The molecule has 30 heavy (non-hydrogen) atoms.